The van der Waals surface area contributed by atoms with Crippen molar-refractivity contribution < 1.29 is 0 Å². The third kappa shape index (κ3) is 1.65. The average Bonchev–Trinajstić information content (AvgIpc) is 2.48. The van der Waals surface area contributed by atoms with Crippen LogP contribution in [0.25, 0.3) is 10.1 Å². The maximum Gasteiger partial charge on any atom is 0.0666 e. The van der Waals surface area contributed by atoms with Crippen LogP contribution in [-0.4, -0.2) is 0 Å². The van der Waals surface area contributed by atoms with Gasteiger partial charge in [-0.3, -0.25) is 0 Å². The number of hydrogen-bond donors (Lipinski definition) is 1. The monoisotopic (exact) mass is 323 g/mol. The van der Waals surface area contributed by atoms with E-state index in [1.54, 1.807) is 11.3 Å². The lowest BCUT2D eigenvalue weighted by atomic mass is 10.1. The van der Waals surface area contributed by atoms with Crippen molar-refractivity contribution in [3.63, 3.8) is 0 Å². The number of nitrogen functional groups attached to an aromatic ring is 1. The Morgan fingerprint density at radius 1 is 1.46 bits per heavy atom. The van der Waals surface area contributed by atoms with Gasteiger partial charge in [0.05, 0.1) is 7.58 Å². The molecule has 0 radical (unpaired) electrons. The van der Waals surface area contributed by atoms with Crippen molar-refractivity contribution in [2.24, 2.45) is 0 Å². The van der Waals surface area contributed by atoms with E-state index in [0.29, 0.717) is 5.88 Å². The standard InChI is InChI=1S/C9H7ClINS/c10-4-5-1-2-7(12)9-6(5)3-8(11)13-9/h1-3H,4,12H2. The van der Waals surface area contributed by atoms with Crippen molar-refractivity contribution in [2.45, 2.75) is 5.88 Å². The molecule has 2 rings (SSSR count). The summed E-state index contributed by atoms with van der Waals surface area (Å²) in [6.45, 7) is 0. The molecule has 0 fully saturated rings. The van der Waals surface area contributed by atoms with Crippen molar-refractivity contribution >= 4 is 61.3 Å². The minimum atomic E-state index is 0.545. The number of benzene rings is 1. The maximum atomic E-state index is 5.86. The van der Waals surface area contributed by atoms with E-state index in [0.717, 1.165) is 16.0 Å². The Hall–Kier alpha value is -0.0000000000000000833. The molecule has 0 amide bonds. The van der Waals surface area contributed by atoms with E-state index in [1.807, 2.05) is 12.1 Å². The van der Waals surface area contributed by atoms with Gasteiger partial charge < -0.3 is 5.73 Å². The van der Waals surface area contributed by atoms with Crippen LogP contribution in [0.4, 0.5) is 5.69 Å². The Kier molecular flexibility index (Phi) is 2.67. The van der Waals surface area contributed by atoms with Crippen molar-refractivity contribution in [1.82, 2.24) is 0 Å². The molecule has 2 N–H and O–H groups in total. The highest BCUT2D eigenvalue weighted by Gasteiger charge is 2.06. The minimum absolute atomic E-state index is 0.545. The average molecular weight is 324 g/mol. The number of thiophene rings is 1. The smallest absolute Gasteiger partial charge is 0.0666 e. The lowest BCUT2D eigenvalue weighted by Crippen LogP contribution is -1.86. The van der Waals surface area contributed by atoms with Gasteiger partial charge in [0.15, 0.2) is 0 Å². The molecule has 1 nitrogen and oxygen atoms in total. The fourth-order valence-corrected chi connectivity index (χ4v) is 3.35. The van der Waals surface area contributed by atoms with Gasteiger partial charge in [0, 0.05) is 17.0 Å². The van der Waals surface area contributed by atoms with E-state index in [4.69, 9.17) is 17.3 Å². The molecule has 0 aliphatic carbocycles. The van der Waals surface area contributed by atoms with Crippen LogP contribution in [0.3, 0.4) is 0 Å². The predicted molar refractivity (Wildman–Crippen MR) is 68.5 cm³/mol. The molecular formula is C9H7ClINS. The zero-order valence-electron chi connectivity index (χ0n) is 6.68. The van der Waals surface area contributed by atoms with Gasteiger partial charge in [0.25, 0.3) is 0 Å². The molecule has 13 heavy (non-hydrogen) atoms. The van der Waals surface area contributed by atoms with Crippen LogP contribution in [-0.2, 0) is 5.88 Å². The van der Waals surface area contributed by atoms with Crippen LogP contribution >= 0.6 is 45.5 Å². The van der Waals surface area contributed by atoms with Crippen LogP contribution in [0.5, 0.6) is 0 Å². The van der Waals surface area contributed by atoms with Crippen molar-refractivity contribution in [1.29, 1.82) is 0 Å². The lowest BCUT2D eigenvalue weighted by molar-refractivity contribution is 1.46. The Bertz CT molecular complexity index is 452. The first kappa shape index (κ1) is 9.55. The van der Waals surface area contributed by atoms with Gasteiger partial charge in [0.1, 0.15) is 0 Å². The summed E-state index contributed by atoms with van der Waals surface area (Å²) < 4.78 is 2.40. The zero-order chi connectivity index (χ0) is 9.42. The molecule has 0 unspecified atom stereocenters. The summed E-state index contributed by atoms with van der Waals surface area (Å²) in [5.41, 5.74) is 7.86. The van der Waals surface area contributed by atoms with Crippen molar-refractivity contribution in [2.75, 3.05) is 5.73 Å². The molecule has 0 atom stereocenters. The normalized spacial score (nSPS) is 10.9. The highest BCUT2D eigenvalue weighted by Crippen LogP contribution is 2.34. The summed E-state index contributed by atoms with van der Waals surface area (Å²) in [5, 5.41) is 1.20. The zero-order valence-corrected chi connectivity index (χ0v) is 10.4. The van der Waals surface area contributed by atoms with Crippen LogP contribution in [0.2, 0.25) is 0 Å². The van der Waals surface area contributed by atoms with Crippen molar-refractivity contribution in [3.8, 4) is 0 Å². The quantitative estimate of drug-likeness (QED) is 0.482. The van der Waals surface area contributed by atoms with Crippen LogP contribution in [0.15, 0.2) is 18.2 Å². The summed E-state index contributed by atoms with van der Waals surface area (Å²) in [6, 6.07) is 6.05. The number of nitrogens with two attached hydrogens (primary N) is 1. The predicted octanol–water partition coefficient (Wildman–Crippen LogP) is 3.83. The number of rotatable bonds is 1. The molecular weight excluding hydrogens is 317 g/mol. The number of anilines is 1. The van der Waals surface area contributed by atoms with E-state index in [-0.39, 0.29) is 0 Å². The summed E-state index contributed by atoms with van der Waals surface area (Å²) in [6.07, 6.45) is 0. The van der Waals surface area contributed by atoms with Crippen LogP contribution < -0.4 is 5.73 Å². The minimum Gasteiger partial charge on any atom is -0.398 e. The molecule has 0 saturated heterocycles. The molecule has 0 saturated carbocycles. The molecule has 1 heterocycles. The van der Waals surface area contributed by atoms with E-state index in [9.17, 15) is 0 Å². The van der Waals surface area contributed by atoms with Gasteiger partial charge >= 0.3 is 0 Å². The van der Waals surface area contributed by atoms with E-state index in [1.165, 1.54) is 8.27 Å². The summed E-state index contributed by atoms with van der Waals surface area (Å²) in [4.78, 5) is 0. The van der Waals surface area contributed by atoms with Gasteiger partial charge in [-0.25, -0.2) is 0 Å². The van der Waals surface area contributed by atoms with Crippen LogP contribution in [0, 0.1) is 2.88 Å². The summed E-state index contributed by atoms with van der Waals surface area (Å²) in [7, 11) is 0. The van der Waals surface area contributed by atoms with E-state index >= 15 is 0 Å². The molecule has 0 aliphatic rings. The first-order valence-corrected chi connectivity index (χ1v) is 6.17. The van der Waals surface area contributed by atoms with Gasteiger partial charge in [0.2, 0.25) is 0 Å². The van der Waals surface area contributed by atoms with Gasteiger partial charge in [-0.15, -0.1) is 22.9 Å². The molecule has 0 aliphatic heterocycles. The van der Waals surface area contributed by atoms with E-state index < -0.39 is 0 Å². The van der Waals surface area contributed by atoms with Gasteiger partial charge in [-0.05, 0) is 40.3 Å². The summed E-state index contributed by atoms with van der Waals surface area (Å²) >= 11 is 9.84. The molecule has 1 aromatic heterocycles. The van der Waals surface area contributed by atoms with Gasteiger partial charge in [-0.1, -0.05) is 6.07 Å². The highest BCUT2D eigenvalue weighted by atomic mass is 127. The Morgan fingerprint density at radius 3 is 2.92 bits per heavy atom. The summed E-state index contributed by atoms with van der Waals surface area (Å²) in [5.74, 6) is 0.545. The molecule has 4 heteroatoms. The molecule has 0 spiro atoms. The first-order valence-electron chi connectivity index (χ1n) is 3.74. The van der Waals surface area contributed by atoms with Crippen LogP contribution in [0.1, 0.15) is 5.56 Å². The van der Waals surface area contributed by atoms with E-state index in [2.05, 4.69) is 28.7 Å². The third-order valence-electron chi connectivity index (χ3n) is 1.92. The SMILES string of the molecule is Nc1ccc(CCl)c2cc(I)sc12. The molecule has 1 aromatic carbocycles. The Morgan fingerprint density at radius 2 is 2.23 bits per heavy atom. The fraction of sp³-hybridized carbons (Fsp3) is 0.111. The second-order valence-electron chi connectivity index (χ2n) is 2.74. The number of fused-ring (bicyclic) bond motifs is 1. The number of hydrogen-bond acceptors (Lipinski definition) is 2. The highest BCUT2D eigenvalue weighted by molar-refractivity contribution is 14.1. The maximum absolute atomic E-state index is 5.86. The topological polar surface area (TPSA) is 26.0 Å². The third-order valence-corrected chi connectivity index (χ3v) is 4.15. The fourth-order valence-electron chi connectivity index (χ4n) is 1.29. The van der Waals surface area contributed by atoms with Crippen molar-refractivity contribution in [3.05, 3.63) is 26.6 Å². The second-order valence-corrected chi connectivity index (χ2v) is 5.95. The largest absolute Gasteiger partial charge is 0.398 e. The van der Waals surface area contributed by atoms with Gasteiger partial charge in [-0.2, -0.15) is 0 Å². The first-order chi connectivity index (χ1) is 6.22. The second kappa shape index (κ2) is 3.63. The number of alkyl halides is 1. The molecule has 68 valence electrons. The Balaban J connectivity index is 2.83. The lowest BCUT2D eigenvalue weighted by Gasteiger charge is -2.00. The number of halogens is 2. The molecule has 2 aromatic rings. The molecule has 0 bridgehead atoms. The Labute approximate surface area is 99.0 Å².